The Kier molecular flexibility index (Phi) is 7.36. The van der Waals surface area contributed by atoms with Gasteiger partial charge in [0, 0.05) is 10.6 Å². The Morgan fingerprint density at radius 2 is 1.57 bits per heavy atom. The normalized spacial score (nSPS) is 13.3. The average Bonchev–Trinajstić information content (AvgIpc) is 2.76. The van der Waals surface area contributed by atoms with Crippen molar-refractivity contribution in [3.63, 3.8) is 0 Å². The highest BCUT2D eigenvalue weighted by Gasteiger charge is 2.15. The molecule has 156 valence electrons. The van der Waals surface area contributed by atoms with Gasteiger partial charge in [-0.2, -0.15) is 9.78 Å². The fourth-order valence-corrected chi connectivity index (χ4v) is 3.40. The lowest BCUT2D eigenvalue weighted by molar-refractivity contribution is 0.0998. The van der Waals surface area contributed by atoms with Gasteiger partial charge >= 0.3 is 0 Å². The molecule has 2 N–H and O–H groups in total. The summed E-state index contributed by atoms with van der Waals surface area (Å²) in [5, 5.41) is 4.75. The Labute approximate surface area is 179 Å². The van der Waals surface area contributed by atoms with E-state index in [1.807, 2.05) is 0 Å². The first-order valence-corrected chi connectivity index (χ1v) is 10.3. The van der Waals surface area contributed by atoms with E-state index in [0.29, 0.717) is 16.3 Å². The smallest absolute Gasteiger partial charge is 0.284 e. The standard InChI is InChI=1S/C17H11ClFN3O2.C6H12/c18-11-6-4-10(5-7-11)15-9-14(16(20)23)17(24)22(21-15)13-3-1-2-12(19)8-13;1-2-4-6-5-3-1/h1-9H,(H2,20,23);1-6H2. The van der Waals surface area contributed by atoms with Crippen LogP contribution in [0.2, 0.25) is 5.02 Å². The number of carbonyl (C=O) groups excluding carboxylic acids is 1. The second-order valence-electron chi connectivity index (χ2n) is 7.13. The van der Waals surface area contributed by atoms with Crippen LogP contribution in [-0.4, -0.2) is 15.7 Å². The van der Waals surface area contributed by atoms with Crippen molar-refractivity contribution in [3.8, 4) is 16.9 Å². The third-order valence-electron chi connectivity index (χ3n) is 4.87. The maximum atomic E-state index is 13.5. The van der Waals surface area contributed by atoms with Crippen LogP contribution >= 0.6 is 11.6 Å². The summed E-state index contributed by atoms with van der Waals surface area (Å²) in [6.45, 7) is 0. The molecule has 4 rings (SSSR count). The molecular weight excluding hydrogens is 405 g/mol. The molecule has 0 atom stereocenters. The van der Waals surface area contributed by atoms with Crippen LogP contribution in [0.25, 0.3) is 16.9 Å². The monoisotopic (exact) mass is 427 g/mol. The van der Waals surface area contributed by atoms with E-state index in [-0.39, 0.29) is 11.3 Å². The van der Waals surface area contributed by atoms with Crippen molar-refractivity contribution in [1.82, 2.24) is 9.78 Å². The van der Waals surface area contributed by atoms with Crippen LogP contribution in [0.4, 0.5) is 4.39 Å². The minimum atomic E-state index is -0.886. The first-order valence-electron chi connectivity index (χ1n) is 9.92. The van der Waals surface area contributed by atoms with Gasteiger partial charge in [-0.1, -0.05) is 68.3 Å². The quantitative estimate of drug-likeness (QED) is 0.629. The van der Waals surface area contributed by atoms with E-state index in [0.717, 1.165) is 10.7 Å². The van der Waals surface area contributed by atoms with E-state index >= 15 is 0 Å². The molecule has 3 aromatic rings. The lowest BCUT2D eigenvalue weighted by Gasteiger charge is -2.10. The molecule has 0 spiro atoms. The molecule has 1 amide bonds. The van der Waals surface area contributed by atoms with Gasteiger partial charge in [0.1, 0.15) is 11.4 Å². The Balaban J connectivity index is 0.000000367. The molecule has 1 heterocycles. The SMILES string of the molecule is C1CCCCC1.NC(=O)c1cc(-c2ccc(Cl)cc2)nn(-c2cccc(F)c2)c1=O. The van der Waals surface area contributed by atoms with Crippen molar-refractivity contribution in [1.29, 1.82) is 0 Å². The van der Waals surface area contributed by atoms with Crippen LogP contribution in [0.1, 0.15) is 48.9 Å². The molecule has 1 saturated carbocycles. The topological polar surface area (TPSA) is 78.0 Å². The summed E-state index contributed by atoms with van der Waals surface area (Å²) in [5.41, 5.74) is 5.50. The fourth-order valence-electron chi connectivity index (χ4n) is 3.28. The minimum absolute atomic E-state index is 0.193. The zero-order valence-electron chi connectivity index (χ0n) is 16.5. The van der Waals surface area contributed by atoms with Gasteiger partial charge in [-0.25, -0.2) is 4.39 Å². The first kappa shape index (κ1) is 21.7. The van der Waals surface area contributed by atoms with Crippen LogP contribution in [0, 0.1) is 5.82 Å². The molecule has 5 nitrogen and oxygen atoms in total. The number of nitrogens with two attached hydrogens (primary N) is 1. The van der Waals surface area contributed by atoms with Crippen LogP contribution in [0.3, 0.4) is 0 Å². The van der Waals surface area contributed by atoms with E-state index in [1.165, 1.54) is 62.8 Å². The molecule has 0 radical (unpaired) electrons. The zero-order chi connectivity index (χ0) is 21.5. The summed E-state index contributed by atoms with van der Waals surface area (Å²) in [5.74, 6) is -1.42. The van der Waals surface area contributed by atoms with E-state index in [1.54, 1.807) is 24.3 Å². The molecule has 1 aliphatic rings. The van der Waals surface area contributed by atoms with Gasteiger partial charge < -0.3 is 5.73 Å². The van der Waals surface area contributed by atoms with Gasteiger partial charge in [-0.15, -0.1) is 0 Å². The number of rotatable bonds is 3. The molecule has 1 fully saturated rings. The molecule has 0 aliphatic heterocycles. The molecule has 30 heavy (non-hydrogen) atoms. The number of benzene rings is 2. The highest BCUT2D eigenvalue weighted by molar-refractivity contribution is 6.30. The lowest BCUT2D eigenvalue weighted by atomic mass is 10.0. The number of primary amides is 1. The number of aromatic nitrogens is 2. The summed E-state index contributed by atoms with van der Waals surface area (Å²) in [6, 6.07) is 13.3. The van der Waals surface area contributed by atoms with E-state index in [9.17, 15) is 14.0 Å². The lowest BCUT2D eigenvalue weighted by Crippen LogP contribution is -2.30. The minimum Gasteiger partial charge on any atom is -0.365 e. The number of halogens is 2. The number of nitrogens with zero attached hydrogens (tertiary/aromatic N) is 2. The summed E-state index contributed by atoms with van der Waals surface area (Å²) in [4.78, 5) is 24.0. The van der Waals surface area contributed by atoms with E-state index in [2.05, 4.69) is 5.10 Å². The molecule has 2 aromatic carbocycles. The van der Waals surface area contributed by atoms with Gasteiger partial charge in [-0.3, -0.25) is 9.59 Å². The van der Waals surface area contributed by atoms with Crippen molar-refractivity contribution >= 4 is 17.5 Å². The van der Waals surface area contributed by atoms with Crippen molar-refractivity contribution < 1.29 is 9.18 Å². The fraction of sp³-hybridized carbons (Fsp3) is 0.261. The predicted molar refractivity (Wildman–Crippen MR) is 116 cm³/mol. The third kappa shape index (κ3) is 5.54. The maximum Gasteiger partial charge on any atom is 0.284 e. The van der Waals surface area contributed by atoms with Crippen LogP contribution < -0.4 is 11.3 Å². The molecule has 0 saturated heterocycles. The van der Waals surface area contributed by atoms with Gasteiger partial charge in [0.05, 0.1) is 11.4 Å². The summed E-state index contributed by atoms with van der Waals surface area (Å²) in [7, 11) is 0. The van der Waals surface area contributed by atoms with Crippen LogP contribution in [-0.2, 0) is 0 Å². The molecule has 0 unspecified atom stereocenters. The molecule has 1 aromatic heterocycles. The Morgan fingerprint density at radius 3 is 2.10 bits per heavy atom. The molecule has 1 aliphatic carbocycles. The largest absolute Gasteiger partial charge is 0.365 e. The van der Waals surface area contributed by atoms with Gasteiger partial charge in [-0.05, 0) is 36.4 Å². The molecule has 7 heteroatoms. The summed E-state index contributed by atoms with van der Waals surface area (Å²) >= 11 is 5.86. The summed E-state index contributed by atoms with van der Waals surface area (Å²) < 4.78 is 14.4. The van der Waals surface area contributed by atoms with E-state index in [4.69, 9.17) is 17.3 Å². The van der Waals surface area contributed by atoms with E-state index < -0.39 is 17.3 Å². The highest BCUT2D eigenvalue weighted by atomic mass is 35.5. The average molecular weight is 428 g/mol. The van der Waals surface area contributed by atoms with Gasteiger partial charge in [0.2, 0.25) is 0 Å². The molecular formula is C23H23ClFN3O2. The Morgan fingerprint density at radius 1 is 0.967 bits per heavy atom. The highest BCUT2D eigenvalue weighted by Crippen LogP contribution is 2.20. The number of hydrogen-bond donors (Lipinski definition) is 1. The second-order valence-corrected chi connectivity index (χ2v) is 7.57. The van der Waals surface area contributed by atoms with Crippen molar-refractivity contribution in [2.45, 2.75) is 38.5 Å². The van der Waals surface area contributed by atoms with Crippen molar-refractivity contribution in [3.05, 3.63) is 81.4 Å². The first-order chi connectivity index (χ1) is 14.5. The third-order valence-corrected chi connectivity index (χ3v) is 5.12. The number of hydrogen-bond acceptors (Lipinski definition) is 3. The second kappa shape index (κ2) is 10.2. The zero-order valence-corrected chi connectivity index (χ0v) is 17.2. The molecule has 0 bridgehead atoms. The number of carbonyl (C=O) groups is 1. The maximum absolute atomic E-state index is 13.5. The van der Waals surface area contributed by atoms with Crippen molar-refractivity contribution in [2.24, 2.45) is 5.73 Å². The van der Waals surface area contributed by atoms with Gasteiger partial charge in [0.25, 0.3) is 11.5 Å². The Bertz CT molecular complexity index is 1070. The van der Waals surface area contributed by atoms with Crippen molar-refractivity contribution in [2.75, 3.05) is 0 Å². The summed E-state index contributed by atoms with van der Waals surface area (Å²) in [6.07, 6.45) is 9.00. The van der Waals surface area contributed by atoms with Crippen LogP contribution in [0.5, 0.6) is 0 Å². The number of amides is 1. The van der Waals surface area contributed by atoms with Crippen LogP contribution in [0.15, 0.2) is 59.4 Å². The predicted octanol–water partition coefficient (Wildman–Crippen LogP) is 5.13. The van der Waals surface area contributed by atoms with Gasteiger partial charge in [0.15, 0.2) is 0 Å². The Hall–Kier alpha value is -2.99.